The topological polar surface area (TPSA) is 64.9 Å². The monoisotopic (exact) mass is 287 g/mol. The van der Waals surface area contributed by atoms with Gasteiger partial charge in [-0.15, -0.1) is 0 Å². The van der Waals surface area contributed by atoms with E-state index < -0.39 is 5.82 Å². The summed E-state index contributed by atoms with van der Waals surface area (Å²) in [6, 6.07) is 8.85. The Morgan fingerprint density at radius 1 is 1.00 bits per heavy atom. The van der Waals surface area contributed by atoms with Crippen LogP contribution in [-0.2, 0) is 0 Å². The summed E-state index contributed by atoms with van der Waals surface area (Å²) >= 11 is 0. The summed E-state index contributed by atoms with van der Waals surface area (Å²) < 4.78 is 32.0. The van der Waals surface area contributed by atoms with E-state index in [-0.39, 0.29) is 23.2 Å². The van der Waals surface area contributed by atoms with Crippen molar-refractivity contribution in [1.82, 2.24) is 10.1 Å². The maximum absolute atomic E-state index is 13.5. The van der Waals surface area contributed by atoms with E-state index in [1.54, 1.807) is 25.1 Å². The summed E-state index contributed by atoms with van der Waals surface area (Å²) in [6.07, 6.45) is 0. The molecule has 6 heteroatoms. The highest BCUT2D eigenvalue weighted by molar-refractivity contribution is 5.62. The van der Waals surface area contributed by atoms with E-state index in [0.29, 0.717) is 16.7 Å². The maximum Gasteiger partial charge on any atom is 0.258 e. The third-order valence-corrected chi connectivity index (χ3v) is 3.10. The molecule has 1 heterocycles. The first-order chi connectivity index (χ1) is 10.0. The zero-order valence-corrected chi connectivity index (χ0v) is 11.1. The zero-order chi connectivity index (χ0) is 15.0. The third-order valence-electron chi connectivity index (χ3n) is 3.10. The molecule has 0 fully saturated rings. The SMILES string of the molecule is Cc1ccc(-c2noc(-c3ccc(N)c(F)c3)n2)cc1F. The fourth-order valence-electron chi connectivity index (χ4n) is 1.85. The minimum Gasteiger partial charge on any atom is -0.396 e. The van der Waals surface area contributed by atoms with Gasteiger partial charge in [0.2, 0.25) is 5.82 Å². The Morgan fingerprint density at radius 3 is 2.43 bits per heavy atom. The van der Waals surface area contributed by atoms with Crippen LogP contribution in [0.25, 0.3) is 22.8 Å². The van der Waals surface area contributed by atoms with Gasteiger partial charge in [-0.1, -0.05) is 17.3 Å². The summed E-state index contributed by atoms with van der Waals surface area (Å²) in [6.45, 7) is 1.66. The average Bonchev–Trinajstić information content (AvgIpc) is 2.94. The molecule has 0 radical (unpaired) electrons. The lowest BCUT2D eigenvalue weighted by atomic mass is 10.1. The molecule has 1 aromatic heterocycles. The summed E-state index contributed by atoms with van der Waals surface area (Å²) in [7, 11) is 0. The first-order valence-corrected chi connectivity index (χ1v) is 6.20. The van der Waals surface area contributed by atoms with Crippen LogP contribution in [0.1, 0.15) is 5.56 Å². The molecule has 0 aliphatic carbocycles. The van der Waals surface area contributed by atoms with Crippen molar-refractivity contribution >= 4 is 5.69 Å². The van der Waals surface area contributed by atoms with Crippen LogP contribution in [0.4, 0.5) is 14.5 Å². The molecule has 0 bridgehead atoms. The van der Waals surface area contributed by atoms with Crippen LogP contribution in [-0.4, -0.2) is 10.1 Å². The number of hydrogen-bond donors (Lipinski definition) is 1. The summed E-state index contributed by atoms with van der Waals surface area (Å²) in [4.78, 5) is 4.14. The Kier molecular flexibility index (Phi) is 3.13. The Morgan fingerprint density at radius 2 is 1.71 bits per heavy atom. The van der Waals surface area contributed by atoms with Gasteiger partial charge in [0.15, 0.2) is 0 Å². The summed E-state index contributed by atoms with van der Waals surface area (Å²) in [5.74, 6) is -0.531. The number of nitrogens with two attached hydrogens (primary N) is 1. The van der Waals surface area contributed by atoms with Gasteiger partial charge < -0.3 is 10.3 Å². The largest absolute Gasteiger partial charge is 0.396 e. The van der Waals surface area contributed by atoms with Gasteiger partial charge in [-0.3, -0.25) is 0 Å². The van der Waals surface area contributed by atoms with Crippen molar-refractivity contribution in [3.8, 4) is 22.8 Å². The van der Waals surface area contributed by atoms with Gasteiger partial charge in [0.25, 0.3) is 5.89 Å². The van der Waals surface area contributed by atoms with Gasteiger partial charge in [-0.05, 0) is 36.8 Å². The molecule has 2 N–H and O–H groups in total. The van der Waals surface area contributed by atoms with Gasteiger partial charge in [-0.25, -0.2) is 8.78 Å². The molecule has 0 saturated heterocycles. The van der Waals surface area contributed by atoms with Crippen LogP contribution < -0.4 is 5.73 Å². The van der Waals surface area contributed by atoms with Crippen LogP contribution in [0.5, 0.6) is 0 Å². The molecule has 0 atom stereocenters. The van der Waals surface area contributed by atoms with E-state index >= 15 is 0 Å². The molecule has 3 rings (SSSR count). The molecule has 0 saturated carbocycles. The van der Waals surface area contributed by atoms with Crippen molar-refractivity contribution in [2.75, 3.05) is 5.73 Å². The molecule has 21 heavy (non-hydrogen) atoms. The molecule has 0 aliphatic rings. The second kappa shape index (κ2) is 4.97. The highest BCUT2D eigenvalue weighted by atomic mass is 19.1. The van der Waals surface area contributed by atoms with Crippen molar-refractivity contribution in [3.05, 3.63) is 53.6 Å². The number of benzene rings is 2. The summed E-state index contributed by atoms with van der Waals surface area (Å²) in [5, 5.41) is 3.78. The Bertz CT molecular complexity index is 748. The predicted octanol–water partition coefficient (Wildman–Crippen LogP) is 3.57. The quantitative estimate of drug-likeness (QED) is 0.732. The number of nitrogen functional groups attached to an aromatic ring is 1. The molecule has 0 amide bonds. The minimum atomic E-state index is -0.561. The fraction of sp³-hybridized carbons (Fsp3) is 0.0667. The van der Waals surface area contributed by atoms with E-state index in [1.807, 2.05) is 0 Å². The first kappa shape index (κ1) is 13.2. The lowest BCUT2D eigenvalue weighted by Crippen LogP contribution is -1.90. The Balaban J connectivity index is 1.99. The van der Waals surface area contributed by atoms with E-state index in [9.17, 15) is 8.78 Å². The van der Waals surface area contributed by atoms with Gasteiger partial charge in [0.1, 0.15) is 11.6 Å². The molecule has 0 unspecified atom stereocenters. The highest BCUT2D eigenvalue weighted by Gasteiger charge is 2.13. The number of aryl methyl sites for hydroxylation is 1. The van der Waals surface area contributed by atoms with Crippen LogP contribution in [0.3, 0.4) is 0 Å². The van der Waals surface area contributed by atoms with Gasteiger partial charge >= 0.3 is 0 Å². The molecule has 0 aliphatic heterocycles. The number of anilines is 1. The van der Waals surface area contributed by atoms with E-state index in [2.05, 4.69) is 10.1 Å². The van der Waals surface area contributed by atoms with Crippen molar-refractivity contribution in [2.24, 2.45) is 0 Å². The molecule has 106 valence electrons. The molecular weight excluding hydrogens is 276 g/mol. The van der Waals surface area contributed by atoms with Crippen LogP contribution >= 0.6 is 0 Å². The minimum absolute atomic E-state index is 0.0408. The first-order valence-electron chi connectivity index (χ1n) is 6.20. The van der Waals surface area contributed by atoms with Crippen LogP contribution in [0.15, 0.2) is 40.9 Å². The van der Waals surface area contributed by atoms with Crippen molar-refractivity contribution in [2.45, 2.75) is 6.92 Å². The normalized spacial score (nSPS) is 10.8. The standard InChI is InChI=1S/C15H11F2N3O/c1-8-2-3-9(6-11(8)16)14-19-15(21-20-14)10-4-5-13(18)12(17)7-10/h2-7H,18H2,1H3. The third kappa shape index (κ3) is 2.47. The van der Waals surface area contributed by atoms with Crippen LogP contribution in [0, 0.1) is 18.6 Å². The van der Waals surface area contributed by atoms with E-state index in [0.717, 1.165) is 0 Å². The number of halogens is 2. The second-order valence-corrected chi connectivity index (χ2v) is 4.62. The molecular formula is C15H11F2N3O. The lowest BCUT2D eigenvalue weighted by Gasteiger charge is -1.98. The lowest BCUT2D eigenvalue weighted by molar-refractivity contribution is 0.432. The molecule has 4 nitrogen and oxygen atoms in total. The van der Waals surface area contributed by atoms with Crippen molar-refractivity contribution in [1.29, 1.82) is 0 Å². The fourth-order valence-corrected chi connectivity index (χ4v) is 1.85. The highest BCUT2D eigenvalue weighted by Crippen LogP contribution is 2.25. The van der Waals surface area contributed by atoms with Gasteiger partial charge in [-0.2, -0.15) is 4.98 Å². The predicted molar refractivity (Wildman–Crippen MR) is 74.2 cm³/mol. The molecule has 0 spiro atoms. The van der Waals surface area contributed by atoms with Gasteiger partial charge in [0.05, 0.1) is 5.69 Å². The van der Waals surface area contributed by atoms with Crippen molar-refractivity contribution in [3.63, 3.8) is 0 Å². The van der Waals surface area contributed by atoms with Crippen molar-refractivity contribution < 1.29 is 13.3 Å². The molecule has 2 aromatic carbocycles. The number of rotatable bonds is 2. The van der Waals surface area contributed by atoms with E-state index in [1.165, 1.54) is 18.2 Å². The smallest absolute Gasteiger partial charge is 0.258 e. The van der Waals surface area contributed by atoms with Gasteiger partial charge in [0, 0.05) is 11.1 Å². The zero-order valence-electron chi connectivity index (χ0n) is 11.1. The Hall–Kier alpha value is -2.76. The average molecular weight is 287 g/mol. The van der Waals surface area contributed by atoms with E-state index in [4.69, 9.17) is 10.3 Å². The van der Waals surface area contributed by atoms with Crippen LogP contribution in [0.2, 0.25) is 0 Å². The molecule has 3 aromatic rings. The number of hydrogen-bond acceptors (Lipinski definition) is 4. The maximum atomic E-state index is 13.5. The number of nitrogens with zero attached hydrogens (tertiary/aromatic N) is 2. The Labute approximate surface area is 119 Å². The summed E-state index contributed by atoms with van der Waals surface area (Å²) in [5.41, 5.74) is 6.88. The number of aromatic nitrogens is 2. The second-order valence-electron chi connectivity index (χ2n) is 4.62.